The van der Waals surface area contributed by atoms with Gasteiger partial charge in [-0.05, 0) is 24.3 Å². The summed E-state index contributed by atoms with van der Waals surface area (Å²) in [5.74, 6) is 0.860. The molecular weight excluding hydrogens is 446 g/mol. The van der Waals surface area contributed by atoms with Gasteiger partial charge in [0, 0.05) is 10.8 Å². The second kappa shape index (κ2) is 10.3. The van der Waals surface area contributed by atoms with Crippen molar-refractivity contribution < 1.29 is 9.59 Å². The monoisotopic (exact) mass is 479 g/mol. The summed E-state index contributed by atoms with van der Waals surface area (Å²) >= 11 is 1.62. The first-order chi connectivity index (χ1) is 15.9. The molecule has 0 aliphatic carbocycles. The fourth-order valence-electron chi connectivity index (χ4n) is 2.94. The largest absolute Gasteiger partial charge is 0.349 e. The van der Waals surface area contributed by atoms with Crippen molar-refractivity contribution in [3.63, 3.8) is 0 Å². The molecule has 0 bridgehead atoms. The molecule has 4 aromatic rings. The minimum Gasteiger partial charge on any atom is -0.349 e. The quantitative estimate of drug-likeness (QED) is 0.375. The van der Waals surface area contributed by atoms with E-state index >= 15 is 0 Å². The zero-order valence-electron chi connectivity index (χ0n) is 20.7. The summed E-state index contributed by atoms with van der Waals surface area (Å²) in [6.07, 6.45) is 0. The Kier molecular flexibility index (Phi) is 7.71. The van der Waals surface area contributed by atoms with E-state index in [2.05, 4.69) is 25.6 Å². The van der Waals surface area contributed by atoms with Crippen molar-refractivity contribution in [1.82, 2.24) is 25.6 Å². The van der Waals surface area contributed by atoms with Gasteiger partial charge < -0.3 is 15.6 Å². The number of carbonyl (C=O) groups excluding carboxylic acids is 2. The molecule has 8 heteroatoms. The van der Waals surface area contributed by atoms with Gasteiger partial charge in [-0.1, -0.05) is 65.8 Å². The molecule has 2 heterocycles. The summed E-state index contributed by atoms with van der Waals surface area (Å²) in [5, 5.41) is 6.72. The molecule has 0 aliphatic heterocycles. The fourth-order valence-corrected chi connectivity index (χ4v) is 3.84. The summed E-state index contributed by atoms with van der Waals surface area (Å²) in [5.41, 5.74) is 2.19. The summed E-state index contributed by atoms with van der Waals surface area (Å²) in [6, 6.07) is 15.8. The van der Waals surface area contributed by atoms with E-state index in [-0.39, 0.29) is 22.6 Å². The minimum atomic E-state index is -0.369. The molecule has 2 aromatic carbocycles. The second-order valence-electron chi connectivity index (χ2n) is 10.1. The Balaban J connectivity index is 0.000000191. The molecule has 180 valence electrons. The van der Waals surface area contributed by atoms with Crippen LogP contribution in [-0.4, -0.2) is 26.8 Å². The van der Waals surface area contributed by atoms with Crippen molar-refractivity contribution in [3.8, 4) is 0 Å². The van der Waals surface area contributed by atoms with Gasteiger partial charge in [-0.2, -0.15) is 0 Å². The summed E-state index contributed by atoms with van der Waals surface area (Å²) in [6.45, 7) is 12.3. The van der Waals surface area contributed by atoms with Crippen LogP contribution in [0, 0.1) is 10.8 Å². The van der Waals surface area contributed by atoms with Crippen molar-refractivity contribution in [3.05, 3.63) is 59.4 Å². The third-order valence-corrected chi connectivity index (χ3v) is 5.99. The SMILES string of the molecule is CC(C)(C)C(=O)NCc1nc2ccccc2[nH]1.CC(C)(C)C(=O)NCc1nc2ccccc2s1. The van der Waals surface area contributed by atoms with Crippen LogP contribution in [0.15, 0.2) is 48.5 Å². The number of imidazole rings is 1. The Bertz CT molecular complexity index is 1110. The number of rotatable bonds is 4. The Hall–Kier alpha value is -3.26. The van der Waals surface area contributed by atoms with Gasteiger partial charge in [0.2, 0.25) is 11.8 Å². The van der Waals surface area contributed by atoms with Crippen LogP contribution in [0.5, 0.6) is 0 Å². The van der Waals surface area contributed by atoms with Crippen LogP contribution in [0.4, 0.5) is 0 Å². The summed E-state index contributed by atoms with van der Waals surface area (Å²) in [7, 11) is 0. The first kappa shape index (κ1) is 25.4. The molecule has 2 aromatic heterocycles. The number of benzene rings is 2. The molecule has 0 aliphatic rings. The number of nitrogens with one attached hydrogen (secondary N) is 3. The van der Waals surface area contributed by atoms with Gasteiger partial charge in [-0.15, -0.1) is 11.3 Å². The number of hydrogen-bond donors (Lipinski definition) is 3. The predicted molar refractivity (Wildman–Crippen MR) is 138 cm³/mol. The van der Waals surface area contributed by atoms with Crippen LogP contribution in [0.1, 0.15) is 52.4 Å². The van der Waals surface area contributed by atoms with Crippen LogP contribution in [0.25, 0.3) is 21.3 Å². The Morgan fingerprint density at radius 1 is 0.794 bits per heavy atom. The minimum absolute atomic E-state index is 0.0259. The van der Waals surface area contributed by atoms with Crippen molar-refractivity contribution >= 4 is 44.4 Å². The van der Waals surface area contributed by atoms with Gasteiger partial charge in [0.15, 0.2) is 0 Å². The molecule has 0 fully saturated rings. The maximum atomic E-state index is 11.7. The molecule has 7 nitrogen and oxygen atoms in total. The lowest BCUT2D eigenvalue weighted by atomic mass is 9.96. The number of amides is 2. The number of aromatic nitrogens is 3. The maximum Gasteiger partial charge on any atom is 0.225 e. The second-order valence-corrected chi connectivity index (χ2v) is 11.3. The number of hydrogen-bond acceptors (Lipinski definition) is 5. The normalized spacial score (nSPS) is 11.7. The van der Waals surface area contributed by atoms with Crippen LogP contribution < -0.4 is 10.6 Å². The first-order valence-corrected chi connectivity index (χ1v) is 12.1. The molecule has 0 atom stereocenters. The molecule has 0 spiro atoms. The lowest BCUT2D eigenvalue weighted by Crippen LogP contribution is -2.34. The molecule has 34 heavy (non-hydrogen) atoms. The number of H-pyrrole nitrogens is 1. The van der Waals surface area contributed by atoms with E-state index in [4.69, 9.17) is 0 Å². The Labute approximate surface area is 204 Å². The highest BCUT2D eigenvalue weighted by atomic mass is 32.1. The van der Waals surface area contributed by atoms with Crippen molar-refractivity contribution in [2.75, 3.05) is 0 Å². The van der Waals surface area contributed by atoms with Crippen LogP contribution in [0.2, 0.25) is 0 Å². The summed E-state index contributed by atoms with van der Waals surface area (Å²) in [4.78, 5) is 35.5. The van der Waals surface area contributed by atoms with Crippen LogP contribution in [0.3, 0.4) is 0 Å². The molecule has 2 amide bonds. The molecule has 0 saturated carbocycles. The first-order valence-electron chi connectivity index (χ1n) is 11.3. The zero-order valence-corrected chi connectivity index (χ0v) is 21.5. The third kappa shape index (κ3) is 6.87. The van der Waals surface area contributed by atoms with Crippen molar-refractivity contribution in [2.45, 2.75) is 54.6 Å². The Morgan fingerprint density at radius 2 is 1.35 bits per heavy atom. The highest BCUT2D eigenvalue weighted by molar-refractivity contribution is 7.18. The number of aromatic amines is 1. The number of nitrogens with zero attached hydrogens (tertiary/aromatic N) is 2. The van der Waals surface area contributed by atoms with Crippen LogP contribution in [-0.2, 0) is 22.7 Å². The number of para-hydroxylation sites is 3. The topological polar surface area (TPSA) is 99.8 Å². The predicted octanol–water partition coefficient (Wildman–Crippen LogP) is 5.18. The van der Waals surface area contributed by atoms with Gasteiger partial charge >= 0.3 is 0 Å². The van der Waals surface area contributed by atoms with Crippen molar-refractivity contribution in [2.24, 2.45) is 10.8 Å². The lowest BCUT2D eigenvalue weighted by molar-refractivity contribution is -0.129. The number of fused-ring (bicyclic) bond motifs is 2. The Morgan fingerprint density at radius 3 is 1.94 bits per heavy atom. The number of thiazole rings is 1. The van der Waals surface area contributed by atoms with Gasteiger partial charge in [-0.25, -0.2) is 9.97 Å². The average molecular weight is 480 g/mol. The molecule has 3 N–H and O–H groups in total. The van der Waals surface area contributed by atoms with Gasteiger partial charge in [-0.3, -0.25) is 9.59 Å². The molecule has 0 saturated heterocycles. The highest BCUT2D eigenvalue weighted by Gasteiger charge is 2.21. The standard InChI is InChI=1S/C13H17N3O.C13H16N2OS/c1-13(2,3)12(17)14-8-11-15-9-6-4-5-7-10(9)16-11;1-13(2,3)12(16)14-8-11-15-9-6-4-5-7-10(9)17-11/h4-7H,8H2,1-3H3,(H,14,17)(H,15,16);4-7H,8H2,1-3H3,(H,14,16). The van der Waals surface area contributed by atoms with Gasteiger partial charge in [0.25, 0.3) is 0 Å². The van der Waals surface area contributed by atoms with E-state index in [1.807, 2.05) is 90.1 Å². The van der Waals surface area contributed by atoms with E-state index < -0.39 is 0 Å². The zero-order chi connectivity index (χ0) is 24.9. The molecule has 0 radical (unpaired) electrons. The van der Waals surface area contributed by atoms with E-state index in [1.165, 1.54) is 0 Å². The van der Waals surface area contributed by atoms with Crippen LogP contribution >= 0.6 is 11.3 Å². The van der Waals surface area contributed by atoms with E-state index in [1.54, 1.807) is 11.3 Å². The van der Waals surface area contributed by atoms with Gasteiger partial charge in [0.05, 0.1) is 34.3 Å². The summed E-state index contributed by atoms with van der Waals surface area (Å²) < 4.78 is 1.16. The maximum absolute atomic E-state index is 11.7. The lowest BCUT2D eigenvalue weighted by Gasteiger charge is -2.16. The molecular formula is C26H33N5O2S. The smallest absolute Gasteiger partial charge is 0.225 e. The van der Waals surface area contributed by atoms with E-state index in [0.717, 1.165) is 32.1 Å². The van der Waals surface area contributed by atoms with E-state index in [9.17, 15) is 9.59 Å². The highest BCUT2D eigenvalue weighted by Crippen LogP contribution is 2.22. The fraction of sp³-hybridized carbons (Fsp3) is 0.385. The molecule has 0 unspecified atom stereocenters. The average Bonchev–Trinajstić information content (AvgIpc) is 3.38. The number of carbonyl (C=O) groups is 2. The van der Waals surface area contributed by atoms with Crippen molar-refractivity contribution in [1.29, 1.82) is 0 Å². The third-order valence-electron chi connectivity index (χ3n) is 4.96. The molecule has 4 rings (SSSR count). The van der Waals surface area contributed by atoms with Gasteiger partial charge in [0.1, 0.15) is 10.8 Å². The van der Waals surface area contributed by atoms with E-state index in [0.29, 0.717) is 13.1 Å².